The number of aliphatic hydroxyl groups is 1. The number of pyridine rings is 1. The highest BCUT2D eigenvalue weighted by molar-refractivity contribution is 6.34. The Morgan fingerprint density at radius 3 is 2.37 bits per heavy atom. The second-order valence-electron chi connectivity index (χ2n) is 13.5. The van der Waals surface area contributed by atoms with Gasteiger partial charge in [0.1, 0.15) is 18.4 Å². The molecule has 2 aliphatic heterocycles. The molecule has 4 aromatic rings. The van der Waals surface area contributed by atoms with Crippen molar-refractivity contribution in [2.75, 3.05) is 65.8 Å². The van der Waals surface area contributed by atoms with Crippen LogP contribution in [0.2, 0.25) is 5.02 Å². The zero-order chi connectivity index (χ0) is 37.5. The number of nitrogens with zero attached hydrogens (tertiary/aromatic N) is 8. The zero-order valence-electron chi connectivity index (χ0n) is 28.9. The lowest BCUT2D eigenvalue weighted by molar-refractivity contribution is -0.899. The SMILES string of the molecule is COc1ccc(-n2cc(-c3cnc(C(=O)Nc4ccc(C(=O)N5CCN(C(=O)[C@@H]6CC[N+](C)(C)C[C@H]6O)CC5)c(Cl)c4)n3C)c(C(F)(F)F)n2)nc1. The maximum Gasteiger partial charge on any atom is 0.435 e. The van der Waals surface area contributed by atoms with Crippen molar-refractivity contribution in [2.45, 2.75) is 18.7 Å². The summed E-state index contributed by atoms with van der Waals surface area (Å²) in [6, 6.07) is 7.34. The Bertz CT molecular complexity index is 1990. The maximum absolute atomic E-state index is 14.1. The minimum atomic E-state index is -4.82. The third-order valence-corrected chi connectivity index (χ3v) is 9.80. The fourth-order valence-electron chi connectivity index (χ4n) is 6.57. The van der Waals surface area contributed by atoms with Gasteiger partial charge in [-0.25, -0.2) is 14.6 Å². The predicted octanol–water partition coefficient (Wildman–Crippen LogP) is 3.34. The number of anilines is 1. The van der Waals surface area contributed by atoms with Crippen LogP contribution in [-0.4, -0.2) is 128 Å². The van der Waals surface area contributed by atoms with E-state index in [-0.39, 0.29) is 64.1 Å². The van der Waals surface area contributed by atoms with Crippen LogP contribution in [0.5, 0.6) is 5.75 Å². The number of aromatic nitrogens is 5. The molecule has 2 atom stereocenters. The van der Waals surface area contributed by atoms with Gasteiger partial charge in [0.25, 0.3) is 11.8 Å². The van der Waals surface area contributed by atoms with Crippen LogP contribution in [-0.2, 0) is 18.0 Å². The van der Waals surface area contributed by atoms with Gasteiger partial charge in [-0.3, -0.25) is 14.4 Å². The Labute approximate surface area is 301 Å². The zero-order valence-corrected chi connectivity index (χ0v) is 29.6. The van der Waals surface area contributed by atoms with E-state index in [1.165, 1.54) is 55.3 Å². The number of hydrogen-bond acceptors (Lipinski definition) is 8. The second kappa shape index (κ2) is 14.2. The molecule has 3 amide bonds. The smallest absolute Gasteiger partial charge is 0.435 e. The Balaban J connectivity index is 1.11. The summed E-state index contributed by atoms with van der Waals surface area (Å²) in [5, 5.41) is 17.0. The van der Waals surface area contributed by atoms with E-state index in [1.807, 2.05) is 14.1 Å². The molecule has 2 aliphatic rings. The molecule has 0 bridgehead atoms. The number of halogens is 4. The topological polar surface area (TPSA) is 148 Å². The third kappa shape index (κ3) is 7.47. The number of nitrogens with one attached hydrogen (secondary N) is 1. The summed E-state index contributed by atoms with van der Waals surface area (Å²) in [4.78, 5) is 51.3. The molecule has 2 fully saturated rings. The summed E-state index contributed by atoms with van der Waals surface area (Å²) < 4.78 is 50.1. The number of amides is 3. The molecule has 52 heavy (non-hydrogen) atoms. The number of likely N-dealkylation sites (N-methyl/N-ethyl adjacent to an activating group) is 1. The molecule has 0 unspecified atom stereocenters. The molecule has 0 saturated carbocycles. The first-order valence-corrected chi connectivity index (χ1v) is 16.8. The van der Waals surface area contributed by atoms with Crippen molar-refractivity contribution < 1.29 is 41.9 Å². The van der Waals surface area contributed by atoms with Gasteiger partial charge in [0.2, 0.25) is 5.91 Å². The molecule has 14 nitrogen and oxygen atoms in total. The standard InChI is InChI=1S/C34H37ClF3N9O5/c1-43-26(24-18-46(42-29(24)34(36,37)38)28-8-6-21(52-4)16-39-28)17-40-30(43)31(49)41-20-5-7-22(25(35)15-20)32(50)44-10-12-45(13-11-44)33(51)23-9-14-47(2,3)19-27(23)48/h5-8,15-18,23,27,48H,9-14,19H2,1-4H3/p+1/t23-,27-/m1/s1. The molecule has 5 heterocycles. The second-order valence-corrected chi connectivity index (χ2v) is 13.9. The summed E-state index contributed by atoms with van der Waals surface area (Å²) in [6.45, 7) is 2.53. The van der Waals surface area contributed by atoms with Crippen molar-refractivity contribution in [3.8, 4) is 22.8 Å². The van der Waals surface area contributed by atoms with Crippen molar-refractivity contribution in [3.05, 3.63) is 71.0 Å². The van der Waals surface area contributed by atoms with Gasteiger partial charge in [-0.15, -0.1) is 0 Å². The minimum absolute atomic E-state index is 0.0175. The van der Waals surface area contributed by atoms with Crippen LogP contribution < -0.4 is 10.1 Å². The molecule has 0 radical (unpaired) electrons. The van der Waals surface area contributed by atoms with Gasteiger partial charge in [0, 0.05) is 51.5 Å². The number of carbonyl (C=O) groups is 3. The molecule has 3 aromatic heterocycles. The number of imidazole rings is 1. The van der Waals surface area contributed by atoms with Crippen molar-refractivity contribution in [1.82, 2.24) is 34.1 Å². The number of piperidine rings is 1. The molecule has 276 valence electrons. The lowest BCUT2D eigenvalue weighted by Crippen LogP contribution is -2.58. The van der Waals surface area contributed by atoms with E-state index < -0.39 is 29.8 Å². The number of likely N-dealkylation sites (tertiary alicyclic amines) is 1. The number of methoxy groups -OCH3 is 1. The number of alkyl halides is 3. The third-order valence-electron chi connectivity index (χ3n) is 9.49. The molecule has 2 saturated heterocycles. The number of ether oxygens (including phenoxy) is 1. The average molecular weight is 745 g/mol. The lowest BCUT2D eigenvalue weighted by atomic mass is 9.91. The number of hydrogen-bond donors (Lipinski definition) is 2. The van der Waals surface area contributed by atoms with Gasteiger partial charge in [-0.05, 0) is 30.3 Å². The van der Waals surface area contributed by atoms with E-state index in [0.29, 0.717) is 36.3 Å². The van der Waals surface area contributed by atoms with Crippen LogP contribution in [0.25, 0.3) is 17.1 Å². The van der Waals surface area contributed by atoms with Gasteiger partial charge in [-0.1, -0.05) is 11.6 Å². The highest BCUT2D eigenvalue weighted by Gasteiger charge is 2.41. The number of aliphatic hydroxyl groups excluding tert-OH is 1. The molecular formula is C34H38ClF3N9O5+. The summed E-state index contributed by atoms with van der Waals surface area (Å²) >= 11 is 6.50. The first kappa shape index (κ1) is 36.8. The van der Waals surface area contributed by atoms with Gasteiger partial charge >= 0.3 is 6.18 Å². The average Bonchev–Trinajstić information content (AvgIpc) is 3.72. The van der Waals surface area contributed by atoms with Crippen molar-refractivity contribution in [3.63, 3.8) is 0 Å². The Hall–Kier alpha value is -5.00. The van der Waals surface area contributed by atoms with Crippen molar-refractivity contribution in [1.29, 1.82) is 0 Å². The summed E-state index contributed by atoms with van der Waals surface area (Å²) in [5.74, 6) is -1.28. The monoisotopic (exact) mass is 744 g/mol. The van der Waals surface area contributed by atoms with E-state index in [0.717, 1.165) is 23.6 Å². The van der Waals surface area contributed by atoms with Gasteiger partial charge < -0.3 is 34.0 Å². The van der Waals surface area contributed by atoms with Crippen molar-refractivity contribution in [2.24, 2.45) is 13.0 Å². The number of benzene rings is 1. The minimum Gasteiger partial charge on any atom is -0.495 e. The Morgan fingerprint density at radius 1 is 1.04 bits per heavy atom. The highest BCUT2D eigenvalue weighted by atomic mass is 35.5. The van der Waals surface area contributed by atoms with E-state index in [9.17, 15) is 32.7 Å². The normalized spacial score (nSPS) is 19.0. The largest absolute Gasteiger partial charge is 0.495 e. The summed E-state index contributed by atoms with van der Waals surface area (Å²) in [5.41, 5.74) is -1.09. The Morgan fingerprint density at radius 2 is 1.75 bits per heavy atom. The first-order valence-electron chi connectivity index (χ1n) is 16.4. The molecule has 2 N–H and O–H groups in total. The van der Waals surface area contributed by atoms with Gasteiger partial charge in [-0.2, -0.15) is 18.3 Å². The van der Waals surface area contributed by atoms with Crippen LogP contribution >= 0.6 is 11.6 Å². The van der Waals surface area contributed by atoms with E-state index in [2.05, 4.69) is 20.4 Å². The fraction of sp³-hybridized carbons (Fsp3) is 0.412. The molecule has 18 heteroatoms. The number of piperazine rings is 1. The molecule has 0 aliphatic carbocycles. The number of quaternary nitrogens is 1. The predicted molar refractivity (Wildman–Crippen MR) is 183 cm³/mol. The van der Waals surface area contributed by atoms with E-state index >= 15 is 0 Å². The lowest BCUT2D eigenvalue weighted by Gasteiger charge is -2.42. The summed E-state index contributed by atoms with van der Waals surface area (Å²) in [6.07, 6.45) is -1.29. The maximum atomic E-state index is 14.1. The highest BCUT2D eigenvalue weighted by Crippen LogP contribution is 2.37. The molecule has 1 aromatic carbocycles. The molecule has 0 spiro atoms. The van der Waals surface area contributed by atoms with E-state index in [4.69, 9.17) is 16.3 Å². The van der Waals surface area contributed by atoms with Crippen LogP contribution in [0.3, 0.4) is 0 Å². The number of carbonyl (C=O) groups excluding carboxylic acids is 3. The van der Waals surface area contributed by atoms with Crippen LogP contribution in [0.15, 0.2) is 48.9 Å². The summed E-state index contributed by atoms with van der Waals surface area (Å²) in [7, 11) is 6.89. The first-order chi connectivity index (χ1) is 24.6. The Kier molecular flexibility index (Phi) is 10.0. The molecular weight excluding hydrogens is 707 g/mol. The van der Waals surface area contributed by atoms with Gasteiger partial charge in [0.15, 0.2) is 17.3 Å². The van der Waals surface area contributed by atoms with E-state index in [1.54, 1.807) is 9.80 Å². The van der Waals surface area contributed by atoms with Crippen LogP contribution in [0.4, 0.5) is 18.9 Å². The fourth-order valence-corrected chi connectivity index (χ4v) is 6.83. The van der Waals surface area contributed by atoms with Crippen molar-refractivity contribution >= 4 is 35.0 Å². The number of rotatable bonds is 7. The quantitative estimate of drug-likeness (QED) is 0.274. The van der Waals surface area contributed by atoms with Crippen LogP contribution in [0.1, 0.15) is 33.1 Å². The van der Waals surface area contributed by atoms with Gasteiger partial charge in [0.05, 0.1) is 67.9 Å². The molecule has 6 rings (SSSR count). The van der Waals surface area contributed by atoms with Crippen LogP contribution in [0, 0.1) is 5.92 Å².